The van der Waals surface area contributed by atoms with Crippen molar-refractivity contribution in [3.8, 4) is 0 Å². The van der Waals surface area contributed by atoms with Gasteiger partial charge in [-0.25, -0.2) is 0 Å². The zero-order valence-corrected chi connectivity index (χ0v) is 11.7. The Morgan fingerprint density at radius 1 is 0.632 bits per heavy atom. The van der Waals surface area contributed by atoms with Crippen LogP contribution in [0.15, 0.2) is 71.4 Å². The van der Waals surface area contributed by atoms with Gasteiger partial charge in [-0.15, -0.1) is 0 Å². The summed E-state index contributed by atoms with van der Waals surface area (Å²) in [5.41, 5.74) is 2.80. The van der Waals surface area contributed by atoms with E-state index in [1.807, 2.05) is 50.3 Å². The predicted octanol–water partition coefficient (Wildman–Crippen LogP) is 3.89. The third-order valence-electron chi connectivity index (χ3n) is 2.17. The summed E-state index contributed by atoms with van der Waals surface area (Å²) in [7, 11) is 0. The topological polar surface area (TPSA) is 34.1 Å². The van der Waals surface area contributed by atoms with Gasteiger partial charge in [-0.2, -0.15) is 0 Å². The van der Waals surface area contributed by atoms with Crippen molar-refractivity contribution in [1.29, 1.82) is 0 Å². The van der Waals surface area contributed by atoms with Crippen LogP contribution in [0.25, 0.3) is 0 Å². The fourth-order valence-corrected chi connectivity index (χ4v) is 1.11. The number of allylic oxidation sites excluding steroid dienone is 12. The molecule has 0 aliphatic heterocycles. The maximum absolute atomic E-state index is 10.4. The van der Waals surface area contributed by atoms with Gasteiger partial charge in [-0.1, -0.05) is 59.8 Å². The highest BCUT2D eigenvalue weighted by Crippen LogP contribution is 1.99. The molecule has 0 atom stereocenters. The van der Waals surface area contributed by atoms with Gasteiger partial charge in [0.15, 0.2) is 0 Å². The summed E-state index contributed by atoms with van der Waals surface area (Å²) in [5.74, 6) is 0. The molecule has 0 saturated heterocycles. The first-order valence-corrected chi connectivity index (χ1v) is 6.04. The van der Waals surface area contributed by atoms with E-state index in [9.17, 15) is 9.59 Å². The summed E-state index contributed by atoms with van der Waals surface area (Å²) >= 11 is 0. The Morgan fingerprint density at radius 2 is 1.11 bits per heavy atom. The molecule has 0 fully saturated rings. The van der Waals surface area contributed by atoms with Gasteiger partial charge >= 0.3 is 0 Å². The molecular formula is C17H20O2. The molecular weight excluding hydrogens is 236 g/mol. The molecule has 0 aromatic carbocycles. The zero-order valence-electron chi connectivity index (χ0n) is 11.7. The number of hydrogen-bond acceptors (Lipinski definition) is 2. The van der Waals surface area contributed by atoms with E-state index in [1.54, 1.807) is 19.1 Å². The normalized spacial score (nSPS) is 14.8. The predicted molar refractivity (Wildman–Crippen MR) is 80.8 cm³/mol. The molecule has 0 aromatic heterocycles. The van der Waals surface area contributed by atoms with Crippen molar-refractivity contribution < 1.29 is 9.59 Å². The Bertz CT molecular complexity index is 469. The second kappa shape index (κ2) is 10.9. The molecule has 0 aliphatic carbocycles. The van der Waals surface area contributed by atoms with Gasteiger partial charge in [0.25, 0.3) is 0 Å². The monoisotopic (exact) mass is 256 g/mol. The van der Waals surface area contributed by atoms with Crippen molar-refractivity contribution in [2.45, 2.75) is 20.8 Å². The van der Waals surface area contributed by atoms with E-state index >= 15 is 0 Å². The van der Waals surface area contributed by atoms with Crippen molar-refractivity contribution >= 4 is 12.6 Å². The molecule has 0 spiro atoms. The summed E-state index contributed by atoms with van der Waals surface area (Å²) in [5, 5.41) is 0. The lowest BCUT2D eigenvalue weighted by Crippen LogP contribution is -1.72. The van der Waals surface area contributed by atoms with E-state index in [-0.39, 0.29) is 0 Å². The number of hydrogen-bond donors (Lipinski definition) is 0. The van der Waals surface area contributed by atoms with Crippen molar-refractivity contribution in [3.05, 3.63) is 71.4 Å². The van der Waals surface area contributed by atoms with Gasteiger partial charge < -0.3 is 0 Å². The molecule has 0 aliphatic rings. The van der Waals surface area contributed by atoms with Gasteiger partial charge in [-0.05, 0) is 32.4 Å². The smallest absolute Gasteiger partial charge is 0.145 e. The quantitative estimate of drug-likeness (QED) is 0.393. The highest BCUT2D eigenvalue weighted by molar-refractivity contribution is 5.72. The number of carbonyl (C=O) groups excluding carboxylic acids is 2. The fourth-order valence-electron chi connectivity index (χ4n) is 1.11. The number of carbonyl (C=O) groups is 2. The van der Waals surface area contributed by atoms with Crippen LogP contribution in [-0.2, 0) is 9.59 Å². The molecule has 0 amide bonds. The lowest BCUT2D eigenvalue weighted by atomic mass is 10.2. The average Bonchev–Trinajstić information content (AvgIpc) is 2.40. The summed E-state index contributed by atoms with van der Waals surface area (Å²) in [6.45, 7) is 5.67. The molecule has 2 heteroatoms. The van der Waals surface area contributed by atoms with E-state index in [0.29, 0.717) is 5.57 Å². The third-order valence-corrected chi connectivity index (χ3v) is 2.17. The first-order valence-electron chi connectivity index (χ1n) is 6.04. The summed E-state index contributed by atoms with van der Waals surface area (Å²) in [6.07, 6.45) is 18.0. The highest BCUT2D eigenvalue weighted by atomic mass is 16.1. The lowest BCUT2D eigenvalue weighted by molar-refractivity contribution is -0.105. The van der Waals surface area contributed by atoms with Crippen LogP contribution in [-0.4, -0.2) is 12.6 Å². The van der Waals surface area contributed by atoms with Crippen molar-refractivity contribution in [2.75, 3.05) is 0 Å². The van der Waals surface area contributed by atoms with Gasteiger partial charge in [0.2, 0.25) is 0 Å². The van der Waals surface area contributed by atoms with E-state index in [0.717, 1.165) is 23.7 Å². The summed E-state index contributed by atoms with van der Waals surface area (Å²) in [4.78, 5) is 20.5. The second-order valence-electron chi connectivity index (χ2n) is 4.09. The summed E-state index contributed by atoms with van der Waals surface area (Å²) < 4.78 is 0. The average molecular weight is 256 g/mol. The molecule has 0 rings (SSSR count). The Labute approximate surface area is 115 Å². The molecule has 0 unspecified atom stereocenters. The first-order chi connectivity index (χ1) is 9.10. The molecule has 100 valence electrons. The Morgan fingerprint density at radius 3 is 1.63 bits per heavy atom. The second-order valence-corrected chi connectivity index (χ2v) is 4.09. The van der Waals surface area contributed by atoms with E-state index in [4.69, 9.17) is 0 Å². The van der Waals surface area contributed by atoms with Crippen LogP contribution in [0.5, 0.6) is 0 Å². The van der Waals surface area contributed by atoms with Gasteiger partial charge in [0.1, 0.15) is 12.6 Å². The van der Waals surface area contributed by atoms with E-state index < -0.39 is 0 Å². The minimum absolute atomic E-state index is 0.693. The molecule has 0 heterocycles. The minimum Gasteiger partial charge on any atom is -0.299 e. The van der Waals surface area contributed by atoms with Crippen LogP contribution in [0.4, 0.5) is 0 Å². The van der Waals surface area contributed by atoms with Crippen LogP contribution in [0, 0.1) is 0 Å². The van der Waals surface area contributed by atoms with Crippen LogP contribution in [0.1, 0.15) is 20.8 Å². The Balaban J connectivity index is 4.44. The van der Waals surface area contributed by atoms with Crippen molar-refractivity contribution in [2.24, 2.45) is 0 Å². The molecule has 0 radical (unpaired) electrons. The standard InChI is InChI=1S/C17H20O2/c1-15(8-4-5-9-17(3)14-19)10-6-11-16(2)12-7-13-18/h4-14H,1-3H3/b5-4+,10-6+,12-7+,15-8+,16-11+,17-9+. The maximum Gasteiger partial charge on any atom is 0.145 e. The number of aldehydes is 2. The van der Waals surface area contributed by atoms with E-state index in [2.05, 4.69) is 0 Å². The highest BCUT2D eigenvalue weighted by Gasteiger charge is 1.80. The van der Waals surface area contributed by atoms with Crippen LogP contribution >= 0.6 is 0 Å². The largest absolute Gasteiger partial charge is 0.299 e. The molecule has 0 aromatic rings. The van der Waals surface area contributed by atoms with Crippen LogP contribution in [0.3, 0.4) is 0 Å². The Hall–Kier alpha value is -2.22. The van der Waals surface area contributed by atoms with Gasteiger partial charge in [-0.3, -0.25) is 9.59 Å². The van der Waals surface area contributed by atoms with Gasteiger partial charge in [0, 0.05) is 0 Å². The zero-order chi connectivity index (χ0) is 14.5. The molecule has 0 saturated carbocycles. The minimum atomic E-state index is 0.693. The van der Waals surface area contributed by atoms with Crippen LogP contribution in [0.2, 0.25) is 0 Å². The molecule has 19 heavy (non-hydrogen) atoms. The molecule has 0 N–H and O–H groups in total. The fraction of sp³-hybridized carbons (Fsp3) is 0.176. The maximum atomic E-state index is 10.4. The summed E-state index contributed by atoms with van der Waals surface area (Å²) in [6, 6.07) is 0. The van der Waals surface area contributed by atoms with Crippen molar-refractivity contribution in [1.82, 2.24) is 0 Å². The molecule has 0 bridgehead atoms. The van der Waals surface area contributed by atoms with E-state index in [1.165, 1.54) is 6.08 Å². The Kier molecular flexibility index (Phi) is 9.63. The number of rotatable bonds is 7. The van der Waals surface area contributed by atoms with Crippen LogP contribution < -0.4 is 0 Å². The SMILES string of the molecule is C\C(C=O)=C/C=C/C=C(C)/C=C/C=C(C)/C=C/C=O. The lowest BCUT2D eigenvalue weighted by Gasteiger charge is -1.89. The third kappa shape index (κ3) is 10.6. The van der Waals surface area contributed by atoms with Gasteiger partial charge in [0.05, 0.1) is 0 Å². The molecule has 2 nitrogen and oxygen atoms in total. The first kappa shape index (κ1) is 16.8. The van der Waals surface area contributed by atoms with Crippen molar-refractivity contribution in [3.63, 3.8) is 0 Å².